The summed E-state index contributed by atoms with van der Waals surface area (Å²) >= 11 is 0. The first-order valence-corrected chi connectivity index (χ1v) is 9.01. The van der Waals surface area contributed by atoms with E-state index in [1.165, 1.54) is 12.3 Å². The van der Waals surface area contributed by atoms with E-state index in [-0.39, 0.29) is 11.3 Å². The summed E-state index contributed by atoms with van der Waals surface area (Å²) < 4.78 is 17.0. The molecule has 4 aromatic rings. The van der Waals surface area contributed by atoms with Gasteiger partial charge >= 0.3 is 0 Å². The third-order valence-corrected chi connectivity index (χ3v) is 4.89. The van der Waals surface area contributed by atoms with Crippen molar-refractivity contribution < 1.29 is 13.9 Å². The average Bonchev–Trinajstić information content (AvgIpc) is 2.75. The lowest BCUT2D eigenvalue weighted by molar-refractivity contribution is 0.386. The average molecular weight is 372 g/mol. The maximum absolute atomic E-state index is 12.6. The lowest BCUT2D eigenvalue weighted by Crippen LogP contribution is -2.10. The van der Waals surface area contributed by atoms with Gasteiger partial charge in [0.15, 0.2) is 5.43 Å². The molecular formula is C24H20O4. The molecule has 140 valence electrons. The number of fused-ring (bicyclic) bond motifs is 1. The van der Waals surface area contributed by atoms with E-state index in [1.54, 1.807) is 20.3 Å². The van der Waals surface area contributed by atoms with Crippen LogP contribution in [0.15, 0.2) is 88.3 Å². The van der Waals surface area contributed by atoms with Gasteiger partial charge in [-0.15, -0.1) is 0 Å². The van der Waals surface area contributed by atoms with E-state index in [4.69, 9.17) is 13.9 Å². The van der Waals surface area contributed by atoms with Crippen LogP contribution in [0.5, 0.6) is 11.5 Å². The lowest BCUT2D eigenvalue weighted by atomic mass is 9.83. The number of benzene rings is 3. The van der Waals surface area contributed by atoms with Crippen LogP contribution in [0.2, 0.25) is 0 Å². The Hall–Kier alpha value is -3.53. The molecule has 0 atom stereocenters. The Labute approximate surface area is 163 Å². The van der Waals surface area contributed by atoms with Crippen molar-refractivity contribution in [1.82, 2.24) is 0 Å². The molecular weight excluding hydrogens is 352 g/mol. The first-order chi connectivity index (χ1) is 13.7. The van der Waals surface area contributed by atoms with Crippen LogP contribution in [-0.2, 0) is 0 Å². The molecule has 0 aliphatic carbocycles. The fourth-order valence-corrected chi connectivity index (χ4v) is 3.68. The van der Waals surface area contributed by atoms with Crippen LogP contribution < -0.4 is 14.9 Å². The molecule has 0 unspecified atom stereocenters. The summed E-state index contributed by atoms with van der Waals surface area (Å²) in [5.74, 6) is 0.911. The second-order valence-corrected chi connectivity index (χ2v) is 6.44. The summed E-state index contributed by atoms with van der Waals surface area (Å²) in [4.78, 5) is 12.6. The summed E-state index contributed by atoms with van der Waals surface area (Å²) in [7, 11) is 3.18. The van der Waals surface area contributed by atoms with E-state index in [9.17, 15) is 4.79 Å². The smallest absolute Gasteiger partial charge is 0.196 e. The summed E-state index contributed by atoms with van der Waals surface area (Å²) in [6, 6.07) is 23.4. The zero-order valence-electron chi connectivity index (χ0n) is 15.7. The molecule has 3 aromatic carbocycles. The minimum absolute atomic E-state index is 0.151. The quantitative estimate of drug-likeness (QED) is 0.463. The van der Waals surface area contributed by atoms with Crippen molar-refractivity contribution in [3.05, 3.63) is 106 Å². The van der Waals surface area contributed by atoms with Gasteiger partial charge in [0, 0.05) is 23.6 Å². The van der Waals surface area contributed by atoms with Crippen molar-refractivity contribution in [3.8, 4) is 11.5 Å². The molecule has 4 nitrogen and oxygen atoms in total. The van der Waals surface area contributed by atoms with E-state index in [1.807, 2.05) is 36.4 Å². The number of methoxy groups -OCH3 is 2. The maximum atomic E-state index is 12.6. The summed E-state index contributed by atoms with van der Waals surface area (Å²) in [6.07, 6.45) is 1.38. The van der Waals surface area contributed by atoms with E-state index in [2.05, 4.69) is 24.3 Å². The molecule has 0 saturated heterocycles. The fourth-order valence-electron chi connectivity index (χ4n) is 3.68. The van der Waals surface area contributed by atoms with Crippen molar-refractivity contribution in [2.75, 3.05) is 14.2 Å². The highest BCUT2D eigenvalue weighted by Crippen LogP contribution is 2.45. The van der Waals surface area contributed by atoms with Crippen molar-refractivity contribution in [3.63, 3.8) is 0 Å². The fraction of sp³-hybridized carbons (Fsp3) is 0.125. The Morgan fingerprint density at radius 3 is 1.96 bits per heavy atom. The summed E-state index contributed by atoms with van der Waals surface area (Å²) in [5.41, 5.74) is 3.23. The Kier molecular flexibility index (Phi) is 4.85. The minimum atomic E-state index is -0.170. The van der Waals surface area contributed by atoms with Crippen molar-refractivity contribution in [2.45, 2.75) is 5.92 Å². The molecule has 0 fully saturated rings. The van der Waals surface area contributed by atoms with E-state index < -0.39 is 0 Å². The molecule has 0 aliphatic heterocycles. The molecule has 28 heavy (non-hydrogen) atoms. The minimum Gasteiger partial charge on any atom is -0.496 e. The normalized spacial score (nSPS) is 11.0. The van der Waals surface area contributed by atoms with Gasteiger partial charge in [0.2, 0.25) is 0 Å². The molecule has 0 aliphatic rings. The Bertz CT molecular complexity index is 1110. The first-order valence-electron chi connectivity index (χ1n) is 9.01. The van der Waals surface area contributed by atoms with Crippen LogP contribution in [0, 0.1) is 0 Å². The second kappa shape index (κ2) is 7.61. The molecule has 0 radical (unpaired) electrons. The summed E-state index contributed by atoms with van der Waals surface area (Å²) in [5, 5.41) is 0.415. The Morgan fingerprint density at radius 1 is 0.821 bits per heavy atom. The van der Waals surface area contributed by atoms with Gasteiger partial charge in [0.25, 0.3) is 0 Å². The van der Waals surface area contributed by atoms with Crippen LogP contribution in [0.4, 0.5) is 0 Å². The van der Waals surface area contributed by atoms with Crippen LogP contribution in [-0.4, -0.2) is 14.2 Å². The van der Waals surface area contributed by atoms with Gasteiger partial charge in [-0.1, -0.05) is 60.7 Å². The van der Waals surface area contributed by atoms with Gasteiger partial charge in [-0.25, -0.2) is 0 Å². The monoisotopic (exact) mass is 372 g/mol. The highest BCUT2D eigenvalue weighted by molar-refractivity contribution is 5.88. The largest absolute Gasteiger partial charge is 0.496 e. The zero-order chi connectivity index (χ0) is 19.5. The molecule has 0 spiro atoms. The molecule has 0 N–H and O–H groups in total. The van der Waals surface area contributed by atoms with Crippen LogP contribution >= 0.6 is 0 Å². The van der Waals surface area contributed by atoms with E-state index in [0.29, 0.717) is 22.5 Å². The highest BCUT2D eigenvalue weighted by Gasteiger charge is 2.27. The predicted molar refractivity (Wildman–Crippen MR) is 109 cm³/mol. The standard InChI is InChI=1S/C24H20O4/c1-26-19-15-20-22(18(25)13-14-28-20)24(27-2)23(19)21(16-9-5-3-6-10-16)17-11-7-4-8-12-17/h3-15,21H,1-2H3. The van der Waals surface area contributed by atoms with Crippen molar-refractivity contribution in [1.29, 1.82) is 0 Å². The van der Waals surface area contributed by atoms with Gasteiger partial charge in [0.05, 0.1) is 20.5 Å². The number of ether oxygens (including phenoxy) is 2. The van der Waals surface area contributed by atoms with E-state index in [0.717, 1.165) is 16.7 Å². The number of hydrogen-bond acceptors (Lipinski definition) is 4. The molecule has 4 heteroatoms. The second-order valence-electron chi connectivity index (χ2n) is 6.44. The lowest BCUT2D eigenvalue weighted by Gasteiger charge is -2.24. The SMILES string of the molecule is COc1cc2occc(=O)c2c(OC)c1C(c1ccccc1)c1ccccc1. The number of hydrogen-bond donors (Lipinski definition) is 0. The molecule has 0 saturated carbocycles. The van der Waals surface area contributed by atoms with Gasteiger partial charge in [-0.2, -0.15) is 0 Å². The number of rotatable bonds is 5. The molecule has 0 amide bonds. The maximum Gasteiger partial charge on any atom is 0.196 e. The third kappa shape index (κ3) is 3.03. The van der Waals surface area contributed by atoms with Gasteiger partial charge < -0.3 is 13.9 Å². The molecule has 1 heterocycles. The van der Waals surface area contributed by atoms with E-state index >= 15 is 0 Å². The van der Waals surface area contributed by atoms with Gasteiger partial charge in [-0.3, -0.25) is 4.79 Å². The van der Waals surface area contributed by atoms with Gasteiger partial charge in [-0.05, 0) is 11.1 Å². The third-order valence-electron chi connectivity index (χ3n) is 4.89. The predicted octanol–water partition coefficient (Wildman–Crippen LogP) is 4.99. The highest BCUT2D eigenvalue weighted by atomic mass is 16.5. The Morgan fingerprint density at radius 2 is 1.43 bits per heavy atom. The molecule has 4 rings (SSSR count). The van der Waals surface area contributed by atoms with Crippen LogP contribution in [0.3, 0.4) is 0 Å². The van der Waals surface area contributed by atoms with Crippen LogP contribution in [0.25, 0.3) is 11.0 Å². The Balaban J connectivity index is 2.12. The molecule has 1 aromatic heterocycles. The topological polar surface area (TPSA) is 48.7 Å². The first kappa shape index (κ1) is 17.9. The summed E-state index contributed by atoms with van der Waals surface area (Å²) in [6.45, 7) is 0. The van der Waals surface area contributed by atoms with Crippen molar-refractivity contribution in [2.24, 2.45) is 0 Å². The van der Waals surface area contributed by atoms with Gasteiger partial charge in [0.1, 0.15) is 22.5 Å². The van der Waals surface area contributed by atoms with Crippen LogP contribution in [0.1, 0.15) is 22.6 Å². The zero-order valence-corrected chi connectivity index (χ0v) is 15.7. The van der Waals surface area contributed by atoms with Crippen molar-refractivity contribution >= 4 is 11.0 Å². The molecule has 0 bridgehead atoms.